The summed E-state index contributed by atoms with van der Waals surface area (Å²) in [5, 5.41) is 9.12. The summed E-state index contributed by atoms with van der Waals surface area (Å²) in [6.07, 6.45) is 5.24. The van der Waals surface area contributed by atoms with E-state index in [4.69, 9.17) is 5.11 Å². The van der Waals surface area contributed by atoms with E-state index >= 15 is 0 Å². The van der Waals surface area contributed by atoms with Crippen molar-refractivity contribution in [3.63, 3.8) is 0 Å². The molecule has 3 atom stereocenters. The smallest absolute Gasteiger partial charge is 0.0573 e. The Morgan fingerprint density at radius 3 is 2.62 bits per heavy atom. The second-order valence-corrected chi connectivity index (χ2v) is 3.16. The molecule has 0 radical (unpaired) electrons. The average molecular weight is 112 g/mol. The third-order valence-corrected chi connectivity index (χ3v) is 2.76. The fourth-order valence-electron chi connectivity index (χ4n) is 2.15. The molecular formula is C7H12O. The van der Waals surface area contributed by atoms with Gasteiger partial charge in [0.05, 0.1) is 6.10 Å². The van der Waals surface area contributed by atoms with Crippen molar-refractivity contribution < 1.29 is 5.11 Å². The van der Waals surface area contributed by atoms with E-state index in [0.717, 1.165) is 18.3 Å². The van der Waals surface area contributed by atoms with E-state index in [-0.39, 0.29) is 6.10 Å². The van der Waals surface area contributed by atoms with Crippen LogP contribution in [0.4, 0.5) is 0 Å². The molecule has 0 aromatic rings. The molecule has 0 aromatic heterocycles. The van der Waals surface area contributed by atoms with Crippen LogP contribution in [0, 0.1) is 11.8 Å². The molecule has 2 rings (SSSR count). The van der Waals surface area contributed by atoms with Gasteiger partial charge in [-0.2, -0.15) is 0 Å². The molecule has 0 bridgehead atoms. The summed E-state index contributed by atoms with van der Waals surface area (Å²) in [7, 11) is 0. The Labute approximate surface area is 49.7 Å². The van der Waals surface area contributed by atoms with Crippen LogP contribution in [0.15, 0.2) is 0 Å². The summed E-state index contributed by atoms with van der Waals surface area (Å²) < 4.78 is 0. The molecule has 0 amide bonds. The Morgan fingerprint density at radius 1 is 1.25 bits per heavy atom. The standard InChI is InChI=1S/C7H12O/c8-7-4-5-2-1-3-6(5)7/h5-8H,1-4H2/t5-,6-,7-/m0/s1. The Hall–Kier alpha value is -0.0400. The van der Waals surface area contributed by atoms with Gasteiger partial charge in [0, 0.05) is 0 Å². The minimum absolute atomic E-state index is 0.0856. The normalized spacial score (nSPS) is 52.9. The van der Waals surface area contributed by atoms with Crippen LogP contribution in [0.25, 0.3) is 0 Å². The highest BCUT2D eigenvalue weighted by Crippen LogP contribution is 2.46. The van der Waals surface area contributed by atoms with Crippen LogP contribution in [0.2, 0.25) is 0 Å². The van der Waals surface area contributed by atoms with Crippen molar-refractivity contribution >= 4 is 0 Å². The van der Waals surface area contributed by atoms with E-state index in [1.165, 1.54) is 19.3 Å². The van der Waals surface area contributed by atoms with Crippen molar-refractivity contribution in [2.24, 2.45) is 11.8 Å². The third kappa shape index (κ3) is 0.455. The summed E-state index contributed by atoms with van der Waals surface area (Å²) in [6.45, 7) is 0. The van der Waals surface area contributed by atoms with Crippen molar-refractivity contribution in [3.05, 3.63) is 0 Å². The molecule has 1 nitrogen and oxygen atoms in total. The quantitative estimate of drug-likeness (QED) is 0.498. The zero-order chi connectivity index (χ0) is 5.56. The van der Waals surface area contributed by atoms with Crippen LogP contribution < -0.4 is 0 Å². The van der Waals surface area contributed by atoms with Crippen LogP contribution in [0.3, 0.4) is 0 Å². The molecule has 0 aromatic carbocycles. The molecule has 2 aliphatic carbocycles. The van der Waals surface area contributed by atoms with E-state index in [1.54, 1.807) is 0 Å². The first-order valence-corrected chi connectivity index (χ1v) is 3.56. The van der Waals surface area contributed by atoms with E-state index in [2.05, 4.69) is 0 Å². The molecule has 8 heavy (non-hydrogen) atoms. The topological polar surface area (TPSA) is 20.2 Å². The van der Waals surface area contributed by atoms with Crippen LogP contribution in [0.5, 0.6) is 0 Å². The summed E-state index contributed by atoms with van der Waals surface area (Å²) in [4.78, 5) is 0. The number of hydrogen-bond acceptors (Lipinski definition) is 1. The number of aliphatic hydroxyl groups excluding tert-OH is 1. The number of rotatable bonds is 0. The second kappa shape index (κ2) is 1.47. The molecule has 2 saturated carbocycles. The first kappa shape index (κ1) is 4.80. The molecule has 2 fully saturated rings. The molecule has 46 valence electrons. The van der Waals surface area contributed by atoms with Gasteiger partial charge in [0.15, 0.2) is 0 Å². The number of fused-ring (bicyclic) bond motifs is 1. The molecule has 0 saturated heterocycles. The van der Waals surface area contributed by atoms with E-state index < -0.39 is 0 Å². The van der Waals surface area contributed by atoms with Crippen molar-refractivity contribution in [2.45, 2.75) is 31.8 Å². The Bertz CT molecular complexity index is 101. The van der Waals surface area contributed by atoms with Crippen LogP contribution in [-0.2, 0) is 0 Å². The maximum absolute atomic E-state index is 9.12. The first-order chi connectivity index (χ1) is 3.88. The highest BCUT2D eigenvalue weighted by atomic mass is 16.3. The van der Waals surface area contributed by atoms with E-state index in [9.17, 15) is 0 Å². The highest BCUT2D eigenvalue weighted by Gasteiger charge is 2.42. The van der Waals surface area contributed by atoms with Crippen LogP contribution in [0.1, 0.15) is 25.7 Å². The van der Waals surface area contributed by atoms with Gasteiger partial charge in [0.1, 0.15) is 0 Å². The lowest BCUT2D eigenvalue weighted by molar-refractivity contribution is -0.0145. The summed E-state index contributed by atoms with van der Waals surface area (Å²) in [5.41, 5.74) is 0. The minimum atomic E-state index is 0.0856. The lowest BCUT2D eigenvalue weighted by Gasteiger charge is -2.36. The summed E-state index contributed by atoms with van der Waals surface area (Å²) in [6, 6.07) is 0. The van der Waals surface area contributed by atoms with Crippen molar-refractivity contribution in [2.75, 3.05) is 0 Å². The third-order valence-electron chi connectivity index (χ3n) is 2.76. The summed E-state index contributed by atoms with van der Waals surface area (Å²) in [5.74, 6) is 1.64. The maximum atomic E-state index is 9.12. The van der Waals surface area contributed by atoms with Gasteiger partial charge in [-0.3, -0.25) is 0 Å². The fourth-order valence-corrected chi connectivity index (χ4v) is 2.15. The van der Waals surface area contributed by atoms with Gasteiger partial charge in [-0.25, -0.2) is 0 Å². The Kier molecular flexibility index (Phi) is 0.884. The van der Waals surface area contributed by atoms with Crippen molar-refractivity contribution in [3.8, 4) is 0 Å². The van der Waals surface area contributed by atoms with Crippen molar-refractivity contribution in [1.82, 2.24) is 0 Å². The van der Waals surface area contributed by atoms with Gasteiger partial charge in [-0.15, -0.1) is 0 Å². The first-order valence-electron chi connectivity index (χ1n) is 3.56. The summed E-state index contributed by atoms with van der Waals surface area (Å²) >= 11 is 0. The lowest BCUT2D eigenvalue weighted by Crippen LogP contribution is -2.37. The number of aliphatic hydroxyl groups is 1. The Balaban J connectivity index is 2.02. The largest absolute Gasteiger partial charge is 0.393 e. The van der Waals surface area contributed by atoms with Crippen LogP contribution in [-0.4, -0.2) is 11.2 Å². The Morgan fingerprint density at radius 2 is 2.12 bits per heavy atom. The van der Waals surface area contributed by atoms with Gasteiger partial charge >= 0.3 is 0 Å². The molecule has 0 heterocycles. The van der Waals surface area contributed by atoms with Gasteiger partial charge in [-0.05, 0) is 31.1 Å². The average Bonchev–Trinajstić information content (AvgIpc) is 2.09. The van der Waals surface area contributed by atoms with Gasteiger partial charge in [0.25, 0.3) is 0 Å². The number of hydrogen-bond donors (Lipinski definition) is 1. The molecular weight excluding hydrogens is 100 g/mol. The monoisotopic (exact) mass is 112 g/mol. The predicted octanol–water partition coefficient (Wildman–Crippen LogP) is 1.17. The lowest BCUT2D eigenvalue weighted by atomic mass is 9.74. The zero-order valence-electron chi connectivity index (χ0n) is 5.01. The van der Waals surface area contributed by atoms with Crippen molar-refractivity contribution in [1.29, 1.82) is 0 Å². The maximum Gasteiger partial charge on any atom is 0.0573 e. The molecule has 2 aliphatic rings. The SMILES string of the molecule is O[C@H]1C[C@@H]2CCC[C@@H]21. The van der Waals surface area contributed by atoms with Crippen LogP contribution >= 0.6 is 0 Å². The van der Waals surface area contributed by atoms with Gasteiger partial charge in [-0.1, -0.05) is 6.42 Å². The zero-order valence-corrected chi connectivity index (χ0v) is 5.01. The second-order valence-electron chi connectivity index (χ2n) is 3.16. The molecule has 0 aliphatic heterocycles. The predicted molar refractivity (Wildman–Crippen MR) is 31.5 cm³/mol. The fraction of sp³-hybridized carbons (Fsp3) is 1.00. The highest BCUT2D eigenvalue weighted by molar-refractivity contribution is 4.93. The van der Waals surface area contributed by atoms with Gasteiger partial charge < -0.3 is 5.11 Å². The van der Waals surface area contributed by atoms with E-state index in [1.807, 2.05) is 0 Å². The molecule has 0 unspecified atom stereocenters. The van der Waals surface area contributed by atoms with Gasteiger partial charge in [0.2, 0.25) is 0 Å². The van der Waals surface area contributed by atoms with E-state index in [0.29, 0.717) is 0 Å². The molecule has 1 N–H and O–H groups in total. The minimum Gasteiger partial charge on any atom is -0.393 e. The molecule has 0 spiro atoms. The molecule has 1 heteroatoms.